The summed E-state index contributed by atoms with van der Waals surface area (Å²) in [6, 6.07) is 11.9. The molecule has 9 heteroatoms. The smallest absolute Gasteiger partial charge is 0.325 e. The Hall–Kier alpha value is -3.75. The van der Waals surface area contributed by atoms with E-state index in [9.17, 15) is 9.59 Å². The van der Waals surface area contributed by atoms with Crippen molar-refractivity contribution in [1.82, 2.24) is 25.5 Å². The van der Waals surface area contributed by atoms with E-state index in [-0.39, 0.29) is 6.61 Å². The molecule has 0 radical (unpaired) electrons. The number of aryl methyl sites for hydroxylation is 2. The lowest BCUT2D eigenvalue weighted by Gasteiger charge is -2.10. The number of hydrogen-bond acceptors (Lipinski definition) is 6. The first-order chi connectivity index (χ1) is 13.0. The molecule has 0 atom stereocenters. The Labute approximate surface area is 155 Å². The third kappa shape index (κ3) is 4.88. The van der Waals surface area contributed by atoms with E-state index >= 15 is 0 Å². The number of carbonyl (C=O) groups is 2. The van der Waals surface area contributed by atoms with Crippen molar-refractivity contribution in [2.45, 2.75) is 13.8 Å². The highest BCUT2D eigenvalue weighted by molar-refractivity contribution is 6.01. The van der Waals surface area contributed by atoms with Crippen LogP contribution in [0.2, 0.25) is 0 Å². The van der Waals surface area contributed by atoms with Gasteiger partial charge in [0.05, 0.1) is 5.69 Å². The highest BCUT2D eigenvalue weighted by Crippen LogP contribution is 2.16. The molecule has 9 nitrogen and oxygen atoms in total. The summed E-state index contributed by atoms with van der Waals surface area (Å²) in [6.45, 7) is 3.56. The van der Waals surface area contributed by atoms with E-state index in [4.69, 9.17) is 4.74 Å². The zero-order valence-electron chi connectivity index (χ0n) is 14.8. The maximum Gasteiger partial charge on any atom is 0.325 e. The number of nitrogens with one attached hydrogen (secondary N) is 2. The molecule has 0 fully saturated rings. The molecule has 0 unspecified atom stereocenters. The number of aromatic nitrogens is 4. The summed E-state index contributed by atoms with van der Waals surface area (Å²) in [5.74, 6) is -0.0708. The molecule has 3 rings (SSSR count). The number of rotatable bonds is 5. The summed E-state index contributed by atoms with van der Waals surface area (Å²) in [5, 5.41) is 15.8. The first-order valence-electron chi connectivity index (χ1n) is 8.15. The second-order valence-corrected chi connectivity index (χ2v) is 5.86. The van der Waals surface area contributed by atoms with Gasteiger partial charge in [-0.15, -0.1) is 5.10 Å². The monoisotopic (exact) mass is 366 g/mol. The fourth-order valence-corrected chi connectivity index (χ4v) is 2.39. The molecule has 0 bridgehead atoms. The summed E-state index contributed by atoms with van der Waals surface area (Å²) < 4.78 is 6.87. The molecule has 1 aromatic heterocycles. The minimum atomic E-state index is -0.607. The summed E-state index contributed by atoms with van der Waals surface area (Å²) in [7, 11) is 0. The molecule has 27 heavy (non-hydrogen) atoms. The van der Waals surface area contributed by atoms with E-state index in [1.807, 2.05) is 26.0 Å². The van der Waals surface area contributed by atoms with Gasteiger partial charge in [-0.25, -0.2) is 9.48 Å². The zero-order valence-corrected chi connectivity index (χ0v) is 14.8. The number of carbonyl (C=O) groups excluding carboxylic acids is 2. The second kappa shape index (κ2) is 8.09. The molecule has 0 saturated carbocycles. The Morgan fingerprint density at radius 1 is 1.11 bits per heavy atom. The van der Waals surface area contributed by atoms with Gasteiger partial charge in [0.15, 0.2) is 6.61 Å². The van der Waals surface area contributed by atoms with Crippen LogP contribution in [-0.2, 0) is 4.79 Å². The van der Waals surface area contributed by atoms with Crippen LogP contribution < -0.4 is 15.4 Å². The van der Waals surface area contributed by atoms with Crippen molar-refractivity contribution in [3.63, 3.8) is 0 Å². The second-order valence-electron chi connectivity index (χ2n) is 5.86. The van der Waals surface area contributed by atoms with Gasteiger partial charge in [0.1, 0.15) is 12.1 Å². The van der Waals surface area contributed by atoms with Crippen LogP contribution in [0.4, 0.5) is 10.5 Å². The van der Waals surface area contributed by atoms with Crippen LogP contribution >= 0.6 is 0 Å². The average molecular weight is 366 g/mol. The predicted molar refractivity (Wildman–Crippen MR) is 97.7 cm³/mol. The maximum atomic E-state index is 11.9. The Kier molecular flexibility index (Phi) is 5.41. The molecule has 0 aliphatic heterocycles. The summed E-state index contributed by atoms with van der Waals surface area (Å²) in [4.78, 5) is 23.8. The van der Waals surface area contributed by atoms with Crippen molar-refractivity contribution >= 4 is 17.6 Å². The zero-order chi connectivity index (χ0) is 19.2. The fourth-order valence-electron chi connectivity index (χ4n) is 2.39. The fraction of sp³-hybridized carbons (Fsp3) is 0.167. The van der Waals surface area contributed by atoms with Crippen molar-refractivity contribution in [3.8, 4) is 11.4 Å². The molecule has 138 valence electrons. The minimum absolute atomic E-state index is 0.287. The highest BCUT2D eigenvalue weighted by atomic mass is 16.5. The minimum Gasteiger partial charge on any atom is -0.484 e. The molecular weight excluding hydrogens is 348 g/mol. The van der Waals surface area contributed by atoms with Crippen LogP contribution in [-0.4, -0.2) is 38.8 Å². The Bertz CT molecular complexity index is 938. The van der Waals surface area contributed by atoms with Crippen molar-refractivity contribution in [2.24, 2.45) is 0 Å². The van der Waals surface area contributed by atoms with E-state index in [0.29, 0.717) is 11.4 Å². The summed E-state index contributed by atoms with van der Waals surface area (Å²) >= 11 is 0. The number of benzene rings is 2. The van der Waals surface area contributed by atoms with Gasteiger partial charge in [-0.3, -0.25) is 10.1 Å². The van der Waals surface area contributed by atoms with Gasteiger partial charge in [0, 0.05) is 5.69 Å². The lowest BCUT2D eigenvalue weighted by Crippen LogP contribution is -2.37. The number of nitrogens with zero attached hydrogens (tertiary/aromatic N) is 4. The van der Waals surface area contributed by atoms with Gasteiger partial charge >= 0.3 is 6.03 Å². The standard InChI is InChI=1S/C18H18N6O3/c1-12-3-8-16(13(2)9-12)20-18(26)21-17(25)10-27-15-6-4-14(5-7-15)24-11-19-22-23-24/h3-9,11H,10H2,1-2H3,(H2,20,21,25,26). The first kappa shape index (κ1) is 18.1. The third-order valence-corrected chi connectivity index (χ3v) is 3.70. The van der Waals surface area contributed by atoms with Gasteiger partial charge in [0.2, 0.25) is 0 Å². The highest BCUT2D eigenvalue weighted by Gasteiger charge is 2.10. The Morgan fingerprint density at radius 3 is 2.56 bits per heavy atom. The largest absolute Gasteiger partial charge is 0.484 e. The molecule has 3 aromatic rings. The summed E-state index contributed by atoms with van der Waals surface area (Å²) in [5.41, 5.74) is 3.40. The van der Waals surface area contributed by atoms with Crippen LogP contribution in [0.25, 0.3) is 5.69 Å². The van der Waals surface area contributed by atoms with Crippen molar-refractivity contribution in [3.05, 3.63) is 59.9 Å². The van der Waals surface area contributed by atoms with Gasteiger partial charge < -0.3 is 10.1 Å². The number of imide groups is 1. The van der Waals surface area contributed by atoms with E-state index in [1.54, 1.807) is 30.3 Å². The number of anilines is 1. The topological polar surface area (TPSA) is 111 Å². The maximum absolute atomic E-state index is 11.9. The molecule has 0 spiro atoms. The van der Waals surface area contributed by atoms with E-state index < -0.39 is 11.9 Å². The molecule has 2 N–H and O–H groups in total. The van der Waals surface area contributed by atoms with E-state index in [1.165, 1.54) is 11.0 Å². The number of hydrogen-bond donors (Lipinski definition) is 2. The molecule has 0 aliphatic rings. The van der Waals surface area contributed by atoms with Crippen LogP contribution in [0, 0.1) is 13.8 Å². The van der Waals surface area contributed by atoms with Gasteiger partial charge in [0.25, 0.3) is 5.91 Å². The molecule has 2 aromatic carbocycles. The predicted octanol–water partition coefficient (Wildman–Crippen LogP) is 2.01. The van der Waals surface area contributed by atoms with Gasteiger partial charge in [-0.05, 0) is 60.2 Å². The van der Waals surface area contributed by atoms with E-state index in [2.05, 4.69) is 26.2 Å². The van der Waals surface area contributed by atoms with Crippen molar-refractivity contribution in [2.75, 3.05) is 11.9 Å². The molecule has 0 saturated heterocycles. The third-order valence-electron chi connectivity index (χ3n) is 3.70. The quantitative estimate of drug-likeness (QED) is 0.714. The number of tetrazole rings is 1. The van der Waals surface area contributed by atoms with Gasteiger partial charge in [-0.2, -0.15) is 0 Å². The summed E-state index contributed by atoms with van der Waals surface area (Å²) in [6.07, 6.45) is 1.47. The number of amides is 3. The Morgan fingerprint density at radius 2 is 1.89 bits per heavy atom. The van der Waals surface area contributed by atoms with Crippen LogP contribution in [0.5, 0.6) is 5.75 Å². The van der Waals surface area contributed by atoms with Crippen molar-refractivity contribution < 1.29 is 14.3 Å². The van der Waals surface area contributed by atoms with Crippen LogP contribution in [0.3, 0.4) is 0 Å². The SMILES string of the molecule is Cc1ccc(NC(=O)NC(=O)COc2ccc(-n3cnnn3)cc2)c(C)c1. The molecule has 0 aliphatic carbocycles. The Balaban J connectivity index is 1.48. The van der Waals surface area contributed by atoms with Gasteiger partial charge in [-0.1, -0.05) is 17.7 Å². The van der Waals surface area contributed by atoms with Crippen LogP contribution in [0.1, 0.15) is 11.1 Å². The lowest BCUT2D eigenvalue weighted by atomic mass is 10.1. The van der Waals surface area contributed by atoms with Crippen LogP contribution in [0.15, 0.2) is 48.8 Å². The molecule has 1 heterocycles. The first-order valence-corrected chi connectivity index (χ1v) is 8.15. The normalized spacial score (nSPS) is 10.3. The average Bonchev–Trinajstić information content (AvgIpc) is 3.17. The lowest BCUT2D eigenvalue weighted by molar-refractivity contribution is -0.121. The van der Waals surface area contributed by atoms with Crippen molar-refractivity contribution in [1.29, 1.82) is 0 Å². The molecular formula is C18H18N6O3. The number of urea groups is 1. The molecule has 3 amide bonds. The number of ether oxygens (including phenoxy) is 1. The van der Waals surface area contributed by atoms with E-state index in [0.717, 1.165) is 16.8 Å².